The smallest absolute Gasteiger partial charge is 0.172 e. The van der Waals surface area contributed by atoms with Gasteiger partial charge in [-0.2, -0.15) is 0 Å². The van der Waals surface area contributed by atoms with Gasteiger partial charge in [0.15, 0.2) is 5.78 Å². The summed E-state index contributed by atoms with van der Waals surface area (Å²) in [5.41, 5.74) is 0.976. The Balaban J connectivity index is 2.50. The third-order valence-electron chi connectivity index (χ3n) is 2.74. The van der Waals surface area contributed by atoms with E-state index in [-0.39, 0.29) is 24.1 Å². The van der Waals surface area contributed by atoms with Gasteiger partial charge in [0.2, 0.25) is 0 Å². The second-order valence-corrected chi connectivity index (χ2v) is 4.62. The predicted octanol–water partition coefficient (Wildman–Crippen LogP) is 2.81. The zero-order valence-electron chi connectivity index (χ0n) is 11.2. The van der Waals surface area contributed by atoms with E-state index in [2.05, 4.69) is 0 Å². The van der Waals surface area contributed by atoms with Crippen molar-refractivity contribution in [2.75, 3.05) is 6.61 Å². The van der Waals surface area contributed by atoms with Crippen LogP contribution in [0.25, 0.3) is 0 Å². The zero-order valence-corrected chi connectivity index (χ0v) is 11.2. The van der Waals surface area contributed by atoms with Crippen molar-refractivity contribution in [1.29, 1.82) is 0 Å². The number of ketones is 2. The molecule has 0 bridgehead atoms. The Morgan fingerprint density at radius 1 is 1.17 bits per heavy atom. The van der Waals surface area contributed by atoms with Crippen LogP contribution in [0.15, 0.2) is 24.3 Å². The molecule has 0 N–H and O–H groups in total. The molecule has 0 aliphatic rings. The van der Waals surface area contributed by atoms with Crippen molar-refractivity contribution < 1.29 is 14.3 Å². The largest absolute Gasteiger partial charge is 0.486 e. The number of carbonyl (C=O) groups excluding carboxylic acids is 2. The lowest BCUT2D eigenvalue weighted by Gasteiger charge is -2.08. The second-order valence-electron chi connectivity index (χ2n) is 4.62. The SMILES string of the molecule is CCC(=O)Cc1ccc(OCC(=O)C(C)C)cc1. The van der Waals surface area contributed by atoms with Gasteiger partial charge in [-0.3, -0.25) is 9.59 Å². The predicted molar refractivity (Wildman–Crippen MR) is 70.8 cm³/mol. The van der Waals surface area contributed by atoms with Crippen LogP contribution in [-0.2, 0) is 16.0 Å². The van der Waals surface area contributed by atoms with Crippen LogP contribution in [0.3, 0.4) is 0 Å². The molecule has 0 spiro atoms. The zero-order chi connectivity index (χ0) is 13.5. The Kier molecular flexibility index (Phi) is 5.56. The molecule has 0 heterocycles. The maximum absolute atomic E-state index is 11.4. The summed E-state index contributed by atoms with van der Waals surface area (Å²) in [4.78, 5) is 22.7. The van der Waals surface area contributed by atoms with Crippen molar-refractivity contribution in [1.82, 2.24) is 0 Å². The molecule has 18 heavy (non-hydrogen) atoms. The normalized spacial score (nSPS) is 10.4. The second kappa shape index (κ2) is 6.94. The Morgan fingerprint density at radius 2 is 1.78 bits per heavy atom. The van der Waals surface area contributed by atoms with Crippen molar-refractivity contribution in [3.8, 4) is 5.75 Å². The highest BCUT2D eigenvalue weighted by atomic mass is 16.5. The summed E-state index contributed by atoms with van der Waals surface area (Å²) in [5, 5.41) is 0. The van der Waals surface area contributed by atoms with E-state index in [1.807, 2.05) is 32.9 Å². The molecule has 98 valence electrons. The van der Waals surface area contributed by atoms with Crippen molar-refractivity contribution in [3.63, 3.8) is 0 Å². The summed E-state index contributed by atoms with van der Waals surface area (Å²) in [6.45, 7) is 5.67. The first-order chi connectivity index (χ1) is 8.52. The first-order valence-corrected chi connectivity index (χ1v) is 6.29. The maximum atomic E-state index is 11.4. The molecule has 0 atom stereocenters. The summed E-state index contributed by atoms with van der Waals surface area (Å²) in [7, 11) is 0. The van der Waals surface area contributed by atoms with E-state index >= 15 is 0 Å². The molecule has 0 radical (unpaired) electrons. The van der Waals surface area contributed by atoms with Crippen molar-refractivity contribution in [2.45, 2.75) is 33.6 Å². The highest BCUT2D eigenvalue weighted by molar-refractivity contribution is 5.82. The molecular formula is C15H20O3. The van der Waals surface area contributed by atoms with Crippen LogP contribution >= 0.6 is 0 Å². The summed E-state index contributed by atoms with van der Waals surface area (Å²) in [6.07, 6.45) is 1.02. The van der Waals surface area contributed by atoms with Crippen molar-refractivity contribution in [2.24, 2.45) is 5.92 Å². The van der Waals surface area contributed by atoms with E-state index in [1.54, 1.807) is 12.1 Å². The molecule has 1 rings (SSSR count). The molecule has 0 aliphatic heterocycles. The van der Waals surface area contributed by atoms with Gasteiger partial charge in [0.05, 0.1) is 0 Å². The van der Waals surface area contributed by atoms with Gasteiger partial charge in [0.25, 0.3) is 0 Å². The lowest BCUT2D eigenvalue weighted by molar-refractivity contribution is -0.123. The number of Topliss-reactive ketones (excluding diaryl/α,β-unsaturated/α-hetero) is 2. The van der Waals surface area contributed by atoms with Crippen LogP contribution in [0.2, 0.25) is 0 Å². The van der Waals surface area contributed by atoms with E-state index in [0.29, 0.717) is 18.6 Å². The Labute approximate surface area is 108 Å². The van der Waals surface area contributed by atoms with Crippen LogP contribution < -0.4 is 4.74 Å². The molecule has 0 aliphatic carbocycles. The lowest BCUT2D eigenvalue weighted by atomic mass is 10.1. The highest BCUT2D eigenvalue weighted by Gasteiger charge is 2.08. The fourth-order valence-electron chi connectivity index (χ4n) is 1.38. The van der Waals surface area contributed by atoms with Crippen LogP contribution in [0.4, 0.5) is 0 Å². The molecule has 3 heteroatoms. The molecule has 3 nitrogen and oxygen atoms in total. The van der Waals surface area contributed by atoms with Crippen molar-refractivity contribution >= 4 is 11.6 Å². The van der Waals surface area contributed by atoms with Crippen LogP contribution in [0, 0.1) is 5.92 Å². The fourth-order valence-corrected chi connectivity index (χ4v) is 1.38. The minimum absolute atomic E-state index is 0.00792. The monoisotopic (exact) mass is 248 g/mol. The van der Waals surface area contributed by atoms with Gasteiger partial charge in [-0.15, -0.1) is 0 Å². The van der Waals surface area contributed by atoms with E-state index in [4.69, 9.17) is 4.74 Å². The van der Waals surface area contributed by atoms with Gasteiger partial charge in [-0.25, -0.2) is 0 Å². The highest BCUT2D eigenvalue weighted by Crippen LogP contribution is 2.13. The molecular weight excluding hydrogens is 228 g/mol. The molecule has 0 saturated heterocycles. The number of carbonyl (C=O) groups is 2. The molecule has 0 saturated carbocycles. The molecule has 1 aromatic carbocycles. The molecule has 0 aromatic heterocycles. The van der Waals surface area contributed by atoms with Gasteiger partial charge in [-0.05, 0) is 17.7 Å². The third-order valence-corrected chi connectivity index (χ3v) is 2.74. The van der Waals surface area contributed by atoms with Gasteiger partial charge >= 0.3 is 0 Å². The molecule has 1 aromatic rings. The number of benzene rings is 1. The molecule has 0 unspecified atom stereocenters. The van der Waals surface area contributed by atoms with Gasteiger partial charge in [-0.1, -0.05) is 32.9 Å². The van der Waals surface area contributed by atoms with Crippen LogP contribution in [-0.4, -0.2) is 18.2 Å². The van der Waals surface area contributed by atoms with E-state index in [0.717, 1.165) is 5.56 Å². The first kappa shape index (κ1) is 14.4. The third kappa shape index (κ3) is 4.70. The fraction of sp³-hybridized carbons (Fsp3) is 0.467. The van der Waals surface area contributed by atoms with E-state index < -0.39 is 0 Å². The van der Waals surface area contributed by atoms with E-state index in [1.165, 1.54) is 0 Å². The standard InChI is InChI=1S/C15H20O3/c1-4-13(16)9-12-5-7-14(8-6-12)18-10-15(17)11(2)3/h5-8,11H,4,9-10H2,1-3H3. The maximum Gasteiger partial charge on any atom is 0.172 e. The van der Waals surface area contributed by atoms with Crippen molar-refractivity contribution in [3.05, 3.63) is 29.8 Å². The summed E-state index contributed by atoms with van der Waals surface area (Å²) in [5.74, 6) is 0.960. The van der Waals surface area contributed by atoms with Crippen LogP contribution in [0.1, 0.15) is 32.8 Å². The quantitative estimate of drug-likeness (QED) is 0.745. The minimum atomic E-state index is -0.00792. The Bertz CT molecular complexity index is 404. The number of rotatable bonds is 7. The number of hydrogen-bond donors (Lipinski definition) is 0. The van der Waals surface area contributed by atoms with Crippen LogP contribution in [0.5, 0.6) is 5.75 Å². The Hall–Kier alpha value is -1.64. The van der Waals surface area contributed by atoms with E-state index in [9.17, 15) is 9.59 Å². The average molecular weight is 248 g/mol. The molecule has 0 fully saturated rings. The molecule has 0 amide bonds. The summed E-state index contributed by atoms with van der Waals surface area (Å²) < 4.78 is 5.38. The topological polar surface area (TPSA) is 43.4 Å². The minimum Gasteiger partial charge on any atom is -0.486 e. The van der Waals surface area contributed by atoms with Gasteiger partial charge < -0.3 is 4.74 Å². The van der Waals surface area contributed by atoms with Gasteiger partial charge in [0, 0.05) is 18.8 Å². The summed E-state index contributed by atoms with van der Waals surface area (Å²) >= 11 is 0. The average Bonchev–Trinajstić information content (AvgIpc) is 2.37. The number of ether oxygens (including phenoxy) is 1. The lowest BCUT2D eigenvalue weighted by Crippen LogP contribution is -2.16. The summed E-state index contributed by atoms with van der Waals surface area (Å²) in [6, 6.07) is 7.32. The van der Waals surface area contributed by atoms with Gasteiger partial charge in [0.1, 0.15) is 18.1 Å². The first-order valence-electron chi connectivity index (χ1n) is 6.29. The number of hydrogen-bond acceptors (Lipinski definition) is 3. The Morgan fingerprint density at radius 3 is 2.28 bits per heavy atom.